The summed E-state index contributed by atoms with van der Waals surface area (Å²) in [5.41, 5.74) is 0.362. The van der Waals surface area contributed by atoms with Crippen LogP contribution in [-0.2, 0) is 9.59 Å². The Labute approximate surface area is 136 Å². The third kappa shape index (κ3) is 2.74. The summed E-state index contributed by atoms with van der Waals surface area (Å²) in [4.78, 5) is 26.7. The zero-order chi connectivity index (χ0) is 15.9. The molecule has 8 heteroatoms. The molecule has 0 spiro atoms. The first-order chi connectivity index (χ1) is 9.73. The molecule has 0 atom stereocenters. The molecule has 0 unspecified atom stereocenters. The lowest BCUT2D eigenvalue weighted by Crippen LogP contribution is -2.52. The second-order valence-corrected chi connectivity index (χ2v) is 5.58. The van der Waals surface area contributed by atoms with E-state index in [1.807, 2.05) is 0 Å². The van der Waals surface area contributed by atoms with Gasteiger partial charge in [0.1, 0.15) is 5.57 Å². The lowest BCUT2D eigenvalue weighted by atomic mass is 10.1. The van der Waals surface area contributed by atoms with Gasteiger partial charge in [-0.2, -0.15) is 0 Å². The molecule has 2 amide bonds. The molecule has 2 rings (SSSR count). The number of thiocarbonyl (C=S) groups is 1. The van der Waals surface area contributed by atoms with Gasteiger partial charge in [-0.3, -0.25) is 19.4 Å². The summed E-state index contributed by atoms with van der Waals surface area (Å²) in [6.07, 6.45) is 1.36. The van der Waals surface area contributed by atoms with Gasteiger partial charge in [-0.1, -0.05) is 23.2 Å². The smallest absolute Gasteiger partial charge is 0.265 e. The first kappa shape index (κ1) is 15.8. The zero-order valence-electron chi connectivity index (χ0n) is 11.1. The van der Waals surface area contributed by atoms with Gasteiger partial charge in [-0.15, -0.1) is 0 Å². The maximum atomic E-state index is 12.1. The zero-order valence-corrected chi connectivity index (χ0v) is 13.4. The monoisotopic (exact) mass is 344 g/mol. The topological polar surface area (TPSA) is 60.9 Å². The SMILES string of the molecule is CN1C(=O)C(=Cc2cc(Cl)c(O)c(Cl)c2)C(=O)N(C)C1=S. The molecule has 0 aliphatic carbocycles. The third-order valence-corrected chi connectivity index (χ3v) is 4.12. The van der Waals surface area contributed by atoms with Crippen molar-refractivity contribution in [2.75, 3.05) is 14.1 Å². The highest BCUT2D eigenvalue weighted by Gasteiger charge is 2.35. The summed E-state index contributed by atoms with van der Waals surface area (Å²) in [7, 11) is 2.97. The fourth-order valence-corrected chi connectivity index (χ4v) is 2.48. The van der Waals surface area contributed by atoms with Gasteiger partial charge in [0, 0.05) is 14.1 Å². The fourth-order valence-electron chi connectivity index (χ4n) is 1.81. The van der Waals surface area contributed by atoms with Gasteiger partial charge in [0.15, 0.2) is 10.9 Å². The van der Waals surface area contributed by atoms with E-state index in [1.54, 1.807) is 0 Å². The van der Waals surface area contributed by atoms with E-state index in [0.29, 0.717) is 5.56 Å². The lowest BCUT2D eigenvalue weighted by molar-refractivity contribution is -0.132. The van der Waals surface area contributed by atoms with Crippen molar-refractivity contribution in [3.05, 3.63) is 33.3 Å². The molecule has 5 nitrogen and oxygen atoms in total. The van der Waals surface area contributed by atoms with Crippen LogP contribution in [0.2, 0.25) is 10.0 Å². The lowest BCUT2D eigenvalue weighted by Gasteiger charge is -2.31. The first-order valence-electron chi connectivity index (χ1n) is 5.73. The molecule has 1 fully saturated rings. The van der Waals surface area contributed by atoms with Crippen LogP contribution in [0.4, 0.5) is 0 Å². The number of hydrogen-bond acceptors (Lipinski definition) is 4. The summed E-state index contributed by atoms with van der Waals surface area (Å²) >= 11 is 16.6. The molecular formula is C13H10Cl2N2O3S. The van der Waals surface area contributed by atoms with Gasteiger partial charge in [0.05, 0.1) is 10.0 Å². The van der Waals surface area contributed by atoms with Gasteiger partial charge in [-0.05, 0) is 36.0 Å². The maximum absolute atomic E-state index is 12.1. The van der Waals surface area contributed by atoms with E-state index in [-0.39, 0.29) is 26.5 Å². The van der Waals surface area contributed by atoms with Crippen LogP contribution < -0.4 is 0 Å². The average Bonchev–Trinajstić information content (AvgIpc) is 2.45. The number of aromatic hydroxyl groups is 1. The van der Waals surface area contributed by atoms with E-state index in [1.165, 1.54) is 42.1 Å². The normalized spacial score (nSPS) is 15.8. The van der Waals surface area contributed by atoms with Crippen molar-refractivity contribution < 1.29 is 14.7 Å². The van der Waals surface area contributed by atoms with Crippen molar-refractivity contribution >= 4 is 58.4 Å². The molecular weight excluding hydrogens is 335 g/mol. The Morgan fingerprint density at radius 1 is 1.10 bits per heavy atom. The second-order valence-electron chi connectivity index (χ2n) is 4.40. The number of rotatable bonds is 1. The van der Waals surface area contributed by atoms with E-state index in [2.05, 4.69) is 0 Å². The Balaban J connectivity index is 2.51. The number of amides is 2. The summed E-state index contributed by atoms with van der Waals surface area (Å²) in [6, 6.07) is 2.81. The van der Waals surface area contributed by atoms with Crippen molar-refractivity contribution in [1.29, 1.82) is 0 Å². The van der Waals surface area contributed by atoms with Crippen molar-refractivity contribution in [2.45, 2.75) is 0 Å². The number of hydrogen-bond donors (Lipinski definition) is 1. The number of carbonyl (C=O) groups excluding carboxylic acids is 2. The predicted octanol–water partition coefficient (Wildman–Crippen LogP) is 2.30. The van der Waals surface area contributed by atoms with Gasteiger partial charge in [-0.25, -0.2) is 0 Å². The molecule has 0 saturated carbocycles. The summed E-state index contributed by atoms with van der Waals surface area (Å²) in [5, 5.41) is 9.70. The number of carbonyl (C=O) groups is 2. The summed E-state index contributed by atoms with van der Waals surface area (Å²) < 4.78 is 0. The number of phenols is 1. The summed E-state index contributed by atoms with van der Waals surface area (Å²) in [5.74, 6) is -1.27. The van der Waals surface area contributed by atoms with Crippen LogP contribution in [0.15, 0.2) is 17.7 Å². The highest BCUT2D eigenvalue weighted by Crippen LogP contribution is 2.33. The maximum Gasteiger partial charge on any atom is 0.265 e. The molecule has 1 aromatic rings. The Morgan fingerprint density at radius 3 is 1.95 bits per heavy atom. The van der Waals surface area contributed by atoms with Crippen molar-refractivity contribution in [1.82, 2.24) is 9.80 Å². The van der Waals surface area contributed by atoms with Crippen molar-refractivity contribution in [3.63, 3.8) is 0 Å². The molecule has 0 bridgehead atoms. The highest BCUT2D eigenvalue weighted by molar-refractivity contribution is 7.80. The van der Waals surface area contributed by atoms with Crippen LogP contribution in [0, 0.1) is 0 Å². The minimum atomic E-state index is -0.511. The number of likely N-dealkylation sites (N-methyl/N-ethyl adjacent to an activating group) is 2. The third-order valence-electron chi connectivity index (χ3n) is 2.99. The van der Waals surface area contributed by atoms with Crippen molar-refractivity contribution in [2.24, 2.45) is 0 Å². The molecule has 0 radical (unpaired) electrons. The molecule has 1 N–H and O–H groups in total. The molecule has 21 heavy (non-hydrogen) atoms. The molecule has 0 aromatic heterocycles. The number of nitrogens with zero attached hydrogens (tertiary/aromatic N) is 2. The molecule has 1 aromatic carbocycles. The Morgan fingerprint density at radius 2 is 1.52 bits per heavy atom. The quantitative estimate of drug-likeness (QED) is 0.482. The van der Waals surface area contributed by atoms with Crippen LogP contribution in [0.5, 0.6) is 5.75 Å². The van der Waals surface area contributed by atoms with E-state index in [0.717, 1.165) is 0 Å². The van der Waals surface area contributed by atoms with Crippen LogP contribution in [0.25, 0.3) is 6.08 Å². The second kappa shape index (κ2) is 5.63. The average molecular weight is 345 g/mol. The number of benzene rings is 1. The Hall–Kier alpha value is -1.63. The van der Waals surface area contributed by atoms with Gasteiger partial charge in [0.25, 0.3) is 11.8 Å². The van der Waals surface area contributed by atoms with Crippen LogP contribution in [0.3, 0.4) is 0 Å². The minimum absolute atomic E-state index is 0.0299. The van der Waals surface area contributed by atoms with E-state index in [9.17, 15) is 14.7 Å². The van der Waals surface area contributed by atoms with E-state index < -0.39 is 11.8 Å². The van der Waals surface area contributed by atoms with Crippen LogP contribution in [0.1, 0.15) is 5.56 Å². The van der Waals surface area contributed by atoms with Gasteiger partial charge < -0.3 is 5.11 Å². The van der Waals surface area contributed by atoms with Crippen LogP contribution in [-0.4, -0.2) is 45.9 Å². The van der Waals surface area contributed by atoms with Gasteiger partial charge in [0.2, 0.25) is 0 Å². The largest absolute Gasteiger partial charge is 0.505 e. The number of phenolic OH excluding ortho intramolecular Hbond substituents is 1. The number of halogens is 2. The highest BCUT2D eigenvalue weighted by atomic mass is 35.5. The molecule has 1 saturated heterocycles. The summed E-state index contributed by atoms with van der Waals surface area (Å²) in [6.45, 7) is 0. The molecule has 1 heterocycles. The molecule has 1 aliphatic rings. The molecule has 1 aliphatic heterocycles. The van der Waals surface area contributed by atoms with E-state index >= 15 is 0 Å². The minimum Gasteiger partial charge on any atom is -0.505 e. The first-order valence-corrected chi connectivity index (χ1v) is 6.90. The Kier molecular flexibility index (Phi) is 4.22. The Bertz CT molecular complexity index is 654. The van der Waals surface area contributed by atoms with Gasteiger partial charge >= 0.3 is 0 Å². The molecule has 110 valence electrons. The standard InChI is InChI=1S/C13H10Cl2N2O3S/c1-16-11(19)7(12(20)17(2)13(16)21)3-6-4-8(14)10(18)9(15)5-6/h3-5,18H,1-2H3. The predicted molar refractivity (Wildman–Crippen MR) is 84.2 cm³/mol. The van der Waals surface area contributed by atoms with Crippen LogP contribution >= 0.6 is 35.4 Å². The van der Waals surface area contributed by atoms with E-state index in [4.69, 9.17) is 35.4 Å². The van der Waals surface area contributed by atoms with Crippen molar-refractivity contribution in [3.8, 4) is 5.75 Å². The fraction of sp³-hybridized carbons (Fsp3) is 0.154.